The van der Waals surface area contributed by atoms with Crippen molar-refractivity contribution in [3.8, 4) is 16.9 Å². The van der Waals surface area contributed by atoms with Crippen LogP contribution in [0.1, 0.15) is 11.7 Å². The van der Waals surface area contributed by atoms with Crippen LogP contribution in [-0.4, -0.2) is 52.3 Å². The standard InChI is InChI=1S/C23H24N4O4S/c1-26-19-15(16(12-28)20(26)21(29)25-23-24-9-10-32-23)11-27-17(19)8-7-14(22(27)30)13-5-3-4-6-18(13)31-2/h3-10,15-16,19-20,28H,11-12H2,1-2H3,(H,24,25,29)/t15-,16-,19+,20-/m1/s1. The normalized spacial score (nSPS) is 24.2. The highest BCUT2D eigenvalue weighted by molar-refractivity contribution is 7.13. The number of hydrogen-bond acceptors (Lipinski definition) is 7. The van der Waals surface area contributed by atoms with E-state index in [2.05, 4.69) is 10.3 Å². The van der Waals surface area contributed by atoms with Crippen molar-refractivity contribution in [2.45, 2.75) is 18.6 Å². The predicted molar refractivity (Wildman–Crippen MR) is 122 cm³/mol. The van der Waals surface area contributed by atoms with Gasteiger partial charge in [0, 0.05) is 47.8 Å². The van der Waals surface area contributed by atoms with Crippen LogP contribution in [0.3, 0.4) is 0 Å². The number of pyridine rings is 1. The first-order valence-corrected chi connectivity index (χ1v) is 11.3. The minimum Gasteiger partial charge on any atom is -0.496 e. The number of amides is 1. The van der Waals surface area contributed by atoms with E-state index < -0.39 is 6.04 Å². The summed E-state index contributed by atoms with van der Waals surface area (Å²) in [7, 11) is 3.47. The van der Waals surface area contributed by atoms with E-state index in [1.807, 2.05) is 48.3 Å². The van der Waals surface area contributed by atoms with Gasteiger partial charge in [-0.1, -0.05) is 18.2 Å². The zero-order chi connectivity index (χ0) is 22.4. The molecule has 0 unspecified atom stereocenters. The average Bonchev–Trinajstić information content (AvgIpc) is 3.50. The molecule has 2 aromatic heterocycles. The lowest BCUT2D eigenvalue weighted by atomic mass is 9.88. The Bertz CT molecular complexity index is 1210. The van der Waals surface area contributed by atoms with Gasteiger partial charge in [-0.15, -0.1) is 11.3 Å². The maximum atomic E-state index is 13.4. The highest BCUT2D eigenvalue weighted by atomic mass is 32.1. The number of ether oxygens (including phenoxy) is 1. The van der Waals surface area contributed by atoms with Crippen LogP contribution in [0.2, 0.25) is 0 Å². The molecule has 2 aliphatic heterocycles. The number of benzene rings is 1. The topological polar surface area (TPSA) is 96.7 Å². The Morgan fingerprint density at radius 2 is 2.09 bits per heavy atom. The van der Waals surface area contributed by atoms with Crippen molar-refractivity contribution >= 4 is 22.4 Å². The number of aromatic nitrogens is 2. The number of likely N-dealkylation sites (tertiary alicyclic amines) is 1. The summed E-state index contributed by atoms with van der Waals surface area (Å²) in [5, 5.41) is 15.4. The summed E-state index contributed by atoms with van der Waals surface area (Å²) in [6.45, 7) is 0.321. The largest absolute Gasteiger partial charge is 0.496 e. The number of aliphatic hydroxyl groups excluding tert-OH is 1. The van der Waals surface area contributed by atoms with Gasteiger partial charge in [-0.3, -0.25) is 14.5 Å². The van der Waals surface area contributed by atoms with Crippen LogP contribution in [-0.2, 0) is 11.3 Å². The van der Waals surface area contributed by atoms with Gasteiger partial charge in [0.2, 0.25) is 5.91 Å². The fourth-order valence-electron chi connectivity index (χ4n) is 5.31. The van der Waals surface area contributed by atoms with Crippen LogP contribution >= 0.6 is 11.3 Å². The SMILES string of the molecule is COc1ccccc1-c1ccc2n(c1=O)C[C@@H]1[C@@H](CO)[C@H](C(=O)Nc3nccs3)N(C)[C@H]21. The minimum absolute atomic E-state index is 0.0438. The van der Waals surface area contributed by atoms with E-state index in [1.165, 1.54) is 11.3 Å². The first kappa shape index (κ1) is 20.9. The van der Waals surface area contributed by atoms with Crippen LogP contribution in [0, 0.1) is 11.8 Å². The molecule has 0 saturated carbocycles. The number of carbonyl (C=O) groups excluding carboxylic acids is 1. The molecule has 4 heterocycles. The highest BCUT2D eigenvalue weighted by Crippen LogP contribution is 2.48. The third-order valence-corrected chi connectivity index (χ3v) is 7.37. The van der Waals surface area contributed by atoms with E-state index in [0.29, 0.717) is 23.0 Å². The number of likely N-dealkylation sites (N-methyl/N-ethyl adjacent to an activating group) is 1. The third kappa shape index (κ3) is 3.16. The maximum absolute atomic E-state index is 13.4. The van der Waals surface area contributed by atoms with Crippen LogP contribution in [0.15, 0.2) is 52.8 Å². The molecule has 0 aliphatic carbocycles. The number of carbonyl (C=O) groups is 1. The van der Waals surface area contributed by atoms with Crippen molar-refractivity contribution in [2.75, 3.05) is 26.1 Å². The number of hydrogen-bond donors (Lipinski definition) is 2. The molecule has 0 bridgehead atoms. The lowest BCUT2D eigenvalue weighted by Gasteiger charge is -2.26. The summed E-state index contributed by atoms with van der Waals surface area (Å²) in [5.74, 6) is 0.125. The van der Waals surface area contributed by atoms with Gasteiger partial charge in [0.05, 0.1) is 24.8 Å². The van der Waals surface area contributed by atoms with Gasteiger partial charge < -0.3 is 19.7 Å². The average molecular weight is 453 g/mol. The number of nitrogens with one attached hydrogen (secondary N) is 1. The molecular formula is C23H24N4O4S. The molecule has 166 valence electrons. The lowest BCUT2D eigenvalue weighted by molar-refractivity contribution is -0.122. The summed E-state index contributed by atoms with van der Waals surface area (Å²) < 4.78 is 7.23. The number of nitrogens with zero attached hydrogens (tertiary/aromatic N) is 3. The number of aliphatic hydroxyl groups is 1. The molecule has 0 spiro atoms. The molecule has 9 heteroatoms. The first-order valence-electron chi connectivity index (χ1n) is 10.5. The zero-order valence-corrected chi connectivity index (χ0v) is 18.6. The fourth-order valence-corrected chi connectivity index (χ4v) is 5.84. The summed E-state index contributed by atoms with van der Waals surface area (Å²) in [5.41, 5.74) is 2.10. The van der Waals surface area contributed by atoms with E-state index in [1.54, 1.807) is 23.3 Å². The first-order chi connectivity index (χ1) is 15.5. The Hall–Kier alpha value is -3.01. The molecule has 3 aromatic rings. The molecule has 2 aliphatic rings. The van der Waals surface area contributed by atoms with E-state index in [4.69, 9.17) is 4.74 Å². The quantitative estimate of drug-likeness (QED) is 0.616. The van der Waals surface area contributed by atoms with Crippen molar-refractivity contribution in [3.63, 3.8) is 0 Å². The Balaban J connectivity index is 1.50. The van der Waals surface area contributed by atoms with E-state index in [-0.39, 0.29) is 36.0 Å². The second-order valence-corrected chi connectivity index (χ2v) is 9.07. The predicted octanol–water partition coefficient (Wildman–Crippen LogP) is 2.21. The maximum Gasteiger partial charge on any atom is 0.258 e. The summed E-state index contributed by atoms with van der Waals surface area (Å²) in [6.07, 6.45) is 1.64. The van der Waals surface area contributed by atoms with Crippen LogP contribution in [0.5, 0.6) is 5.75 Å². The molecule has 8 nitrogen and oxygen atoms in total. The van der Waals surface area contributed by atoms with Gasteiger partial charge in [0.1, 0.15) is 5.75 Å². The molecule has 0 radical (unpaired) electrons. The van der Waals surface area contributed by atoms with Crippen molar-refractivity contribution < 1.29 is 14.6 Å². The van der Waals surface area contributed by atoms with Crippen molar-refractivity contribution in [1.82, 2.24) is 14.5 Å². The van der Waals surface area contributed by atoms with Crippen LogP contribution in [0.25, 0.3) is 11.1 Å². The number of para-hydroxylation sites is 1. The molecule has 5 rings (SSSR count). The number of rotatable bonds is 5. The van der Waals surface area contributed by atoms with Crippen LogP contribution in [0.4, 0.5) is 5.13 Å². The second kappa shape index (κ2) is 8.16. The number of methoxy groups -OCH3 is 1. The number of thiazole rings is 1. The van der Waals surface area contributed by atoms with Crippen molar-refractivity contribution in [3.05, 3.63) is 64.0 Å². The summed E-state index contributed by atoms with van der Waals surface area (Å²) in [4.78, 5) is 32.6. The Morgan fingerprint density at radius 3 is 2.81 bits per heavy atom. The molecule has 4 atom stereocenters. The van der Waals surface area contributed by atoms with Gasteiger partial charge in [0.15, 0.2) is 5.13 Å². The van der Waals surface area contributed by atoms with Crippen molar-refractivity contribution in [2.24, 2.45) is 11.8 Å². The van der Waals surface area contributed by atoms with Gasteiger partial charge in [-0.25, -0.2) is 4.98 Å². The molecule has 1 fully saturated rings. The molecular weight excluding hydrogens is 428 g/mol. The fraction of sp³-hybridized carbons (Fsp3) is 0.348. The Morgan fingerprint density at radius 1 is 1.28 bits per heavy atom. The van der Waals surface area contributed by atoms with E-state index in [9.17, 15) is 14.7 Å². The van der Waals surface area contributed by atoms with E-state index >= 15 is 0 Å². The molecule has 1 aromatic carbocycles. The zero-order valence-electron chi connectivity index (χ0n) is 17.8. The van der Waals surface area contributed by atoms with E-state index in [0.717, 1.165) is 11.3 Å². The second-order valence-electron chi connectivity index (χ2n) is 8.18. The summed E-state index contributed by atoms with van der Waals surface area (Å²) >= 11 is 1.35. The molecule has 1 amide bonds. The lowest BCUT2D eigenvalue weighted by Crippen LogP contribution is -2.44. The van der Waals surface area contributed by atoms with Crippen molar-refractivity contribution in [1.29, 1.82) is 0 Å². The highest BCUT2D eigenvalue weighted by Gasteiger charge is 2.54. The number of fused-ring (bicyclic) bond motifs is 3. The third-order valence-electron chi connectivity index (χ3n) is 6.68. The summed E-state index contributed by atoms with van der Waals surface area (Å²) in [6, 6.07) is 10.6. The van der Waals surface area contributed by atoms with Gasteiger partial charge >= 0.3 is 0 Å². The minimum atomic E-state index is -0.503. The smallest absolute Gasteiger partial charge is 0.258 e. The molecule has 32 heavy (non-hydrogen) atoms. The van der Waals surface area contributed by atoms with Gasteiger partial charge in [-0.05, 0) is 25.2 Å². The van der Waals surface area contributed by atoms with Gasteiger partial charge in [0.25, 0.3) is 5.56 Å². The molecule has 1 saturated heterocycles. The Labute approximate surface area is 189 Å². The Kier molecular flexibility index (Phi) is 5.32. The number of anilines is 1. The molecule has 2 N–H and O–H groups in total. The van der Waals surface area contributed by atoms with Crippen LogP contribution < -0.4 is 15.6 Å². The van der Waals surface area contributed by atoms with Gasteiger partial charge in [-0.2, -0.15) is 0 Å². The monoisotopic (exact) mass is 452 g/mol.